The summed E-state index contributed by atoms with van der Waals surface area (Å²) in [7, 11) is 4.47. The molecule has 0 aliphatic heterocycles. The van der Waals surface area contributed by atoms with E-state index in [0.29, 0.717) is 5.69 Å². The highest BCUT2D eigenvalue weighted by Crippen LogP contribution is 2.28. The molecule has 0 saturated heterocycles. The first kappa shape index (κ1) is 14.1. The van der Waals surface area contributed by atoms with Crippen molar-refractivity contribution < 1.29 is 27.4 Å². The van der Waals surface area contributed by atoms with Gasteiger partial charge in [0.15, 0.2) is 0 Å². The molecule has 4 nitrogen and oxygen atoms in total. The van der Waals surface area contributed by atoms with Gasteiger partial charge in [0.25, 0.3) is 0 Å². The van der Waals surface area contributed by atoms with Crippen LogP contribution in [0.2, 0.25) is 0 Å². The van der Waals surface area contributed by atoms with E-state index < -0.39 is 18.1 Å². The minimum atomic E-state index is -4.80. The van der Waals surface area contributed by atoms with Gasteiger partial charge in [-0.2, -0.15) is 0 Å². The zero-order valence-electron chi connectivity index (χ0n) is 10.0. The van der Waals surface area contributed by atoms with Crippen LogP contribution in [0.1, 0.15) is 10.4 Å². The van der Waals surface area contributed by atoms with Crippen molar-refractivity contribution in [3.05, 3.63) is 23.8 Å². The summed E-state index contributed by atoms with van der Waals surface area (Å²) in [6.45, 7) is 0. The minimum absolute atomic E-state index is 0.00394. The number of methoxy groups -OCH3 is 1. The summed E-state index contributed by atoms with van der Waals surface area (Å²) in [5, 5.41) is 0. The molecule has 0 aliphatic rings. The molecular weight excluding hydrogens is 251 g/mol. The lowest BCUT2D eigenvalue weighted by molar-refractivity contribution is -0.274. The Morgan fingerprint density at radius 1 is 1.28 bits per heavy atom. The Morgan fingerprint density at radius 2 is 1.89 bits per heavy atom. The first-order chi connectivity index (χ1) is 8.24. The highest BCUT2D eigenvalue weighted by molar-refractivity contribution is 5.96. The van der Waals surface area contributed by atoms with Gasteiger partial charge in [-0.1, -0.05) is 0 Å². The van der Waals surface area contributed by atoms with Crippen molar-refractivity contribution in [3.8, 4) is 5.75 Å². The zero-order valence-corrected chi connectivity index (χ0v) is 10.0. The number of esters is 1. The second kappa shape index (κ2) is 5.16. The summed E-state index contributed by atoms with van der Waals surface area (Å²) in [5.74, 6) is -1.19. The molecule has 0 bridgehead atoms. The fraction of sp³-hybridized carbons (Fsp3) is 0.364. The lowest BCUT2D eigenvalue weighted by Crippen LogP contribution is -2.19. The number of nitrogens with zero attached hydrogens (tertiary/aromatic N) is 1. The molecule has 0 fully saturated rings. The Morgan fingerprint density at radius 3 is 2.33 bits per heavy atom. The first-order valence-electron chi connectivity index (χ1n) is 4.90. The lowest BCUT2D eigenvalue weighted by Gasteiger charge is -2.17. The van der Waals surface area contributed by atoms with E-state index in [4.69, 9.17) is 0 Å². The molecule has 0 spiro atoms. The third-order valence-electron chi connectivity index (χ3n) is 2.09. The number of ether oxygens (including phenoxy) is 2. The average molecular weight is 263 g/mol. The molecule has 7 heteroatoms. The van der Waals surface area contributed by atoms with E-state index in [0.717, 1.165) is 19.2 Å². The van der Waals surface area contributed by atoms with Crippen molar-refractivity contribution >= 4 is 11.7 Å². The number of hydrogen-bond donors (Lipinski definition) is 0. The number of rotatable bonds is 3. The van der Waals surface area contributed by atoms with Crippen molar-refractivity contribution in [3.63, 3.8) is 0 Å². The molecule has 100 valence electrons. The fourth-order valence-electron chi connectivity index (χ4n) is 1.38. The Balaban J connectivity index is 3.17. The van der Waals surface area contributed by atoms with E-state index in [1.54, 1.807) is 19.0 Å². The second-order valence-electron chi connectivity index (χ2n) is 3.61. The Bertz CT molecular complexity index is 444. The van der Waals surface area contributed by atoms with E-state index in [2.05, 4.69) is 9.47 Å². The minimum Gasteiger partial charge on any atom is -0.465 e. The van der Waals surface area contributed by atoms with Gasteiger partial charge >= 0.3 is 12.3 Å². The van der Waals surface area contributed by atoms with Gasteiger partial charge in [-0.3, -0.25) is 0 Å². The smallest absolute Gasteiger partial charge is 0.465 e. The number of hydrogen-bond acceptors (Lipinski definition) is 4. The molecule has 0 radical (unpaired) electrons. The number of anilines is 1. The Kier molecular flexibility index (Phi) is 4.05. The number of benzene rings is 1. The molecular formula is C11H12F3NO3. The molecule has 0 N–H and O–H groups in total. The third kappa shape index (κ3) is 3.54. The van der Waals surface area contributed by atoms with Crippen LogP contribution in [-0.2, 0) is 4.74 Å². The number of alkyl halides is 3. The van der Waals surface area contributed by atoms with Gasteiger partial charge in [-0.05, 0) is 18.2 Å². The summed E-state index contributed by atoms with van der Waals surface area (Å²) in [6.07, 6.45) is -4.80. The molecule has 0 amide bonds. The van der Waals surface area contributed by atoms with E-state index in [-0.39, 0.29) is 5.56 Å². The first-order valence-corrected chi connectivity index (χ1v) is 4.90. The van der Waals surface area contributed by atoms with Crippen LogP contribution < -0.4 is 9.64 Å². The maximum absolute atomic E-state index is 12.1. The topological polar surface area (TPSA) is 38.8 Å². The van der Waals surface area contributed by atoms with Crippen molar-refractivity contribution in [2.45, 2.75) is 6.36 Å². The van der Waals surface area contributed by atoms with Gasteiger partial charge in [-0.15, -0.1) is 13.2 Å². The number of carbonyl (C=O) groups excluding carboxylic acids is 1. The van der Waals surface area contributed by atoms with Crippen molar-refractivity contribution in [2.24, 2.45) is 0 Å². The van der Waals surface area contributed by atoms with Gasteiger partial charge in [-0.25, -0.2) is 4.79 Å². The normalized spacial score (nSPS) is 11.0. The summed E-state index contributed by atoms with van der Waals surface area (Å²) >= 11 is 0. The van der Waals surface area contributed by atoms with Crippen LogP contribution in [0.3, 0.4) is 0 Å². The molecule has 0 saturated carbocycles. The predicted molar refractivity (Wildman–Crippen MR) is 58.8 cm³/mol. The highest BCUT2D eigenvalue weighted by Gasteiger charge is 2.31. The fourth-order valence-corrected chi connectivity index (χ4v) is 1.38. The molecule has 0 heterocycles. The van der Waals surface area contributed by atoms with E-state index in [1.807, 2.05) is 0 Å². The largest absolute Gasteiger partial charge is 0.573 e. The molecule has 0 unspecified atom stereocenters. The molecule has 0 aliphatic carbocycles. The predicted octanol–water partition coefficient (Wildman–Crippen LogP) is 2.44. The monoisotopic (exact) mass is 263 g/mol. The lowest BCUT2D eigenvalue weighted by atomic mass is 10.1. The summed E-state index contributed by atoms with van der Waals surface area (Å²) < 4.78 is 44.5. The molecule has 1 aromatic rings. The summed E-state index contributed by atoms with van der Waals surface area (Å²) in [5.41, 5.74) is 0.445. The summed E-state index contributed by atoms with van der Waals surface area (Å²) in [6, 6.07) is 3.48. The summed E-state index contributed by atoms with van der Waals surface area (Å²) in [4.78, 5) is 13.1. The van der Waals surface area contributed by atoms with Gasteiger partial charge in [0.2, 0.25) is 0 Å². The van der Waals surface area contributed by atoms with Crippen LogP contribution >= 0.6 is 0 Å². The SMILES string of the molecule is COC(=O)c1cc(OC(F)(F)F)ccc1N(C)C. The van der Waals surface area contributed by atoms with Crippen LogP contribution in [-0.4, -0.2) is 33.5 Å². The van der Waals surface area contributed by atoms with Crippen LogP contribution in [0.4, 0.5) is 18.9 Å². The van der Waals surface area contributed by atoms with Crippen molar-refractivity contribution in [1.82, 2.24) is 0 Å². The molecule has 0 atom stereocenters. The van der Waals surface area contributed by atoms with Gasteiger partial charge in [0, 0.05) is 14.1 Å². The number of carbonyl (C=O) groups is 1. The van der Waals surface area contributed by atoms with Gasteiger partial charge in [0.1, 0.15) is 5.75 Å². The van der Waals surface area contributed by atoms with E-state index in [9.17, 15) is 18.0 Å². The Hall–Kier alpha value is -1.92. The Labute approximate surface area is 102 Å². The quantitative estimate of drug-likeness (QED) is 0.785. The van der Waals surface area contributed by atoms with Crippen LogP contribution in [0.5, 0.6) is 5.75 Å². The van der Waals surface area contributed by atoms with E-state index in [1.165, 1.54) is 6.07 Å². The van der Waals surface area contributed by atoms with E-state index >= 15 is 0 Å². The zero-order chi connectivity index (χ0) is 13.9. The molecule has 0 aromatic heterocycles. The van der Waals surface area contributed by atoms with Gasteiger partial charge < -0.3 is 14.4 Å². The highest BCUT2D eigenvalue weighted by atomic mass is 19.4. The van der Waals surface area contributed by atoms with Crippen molar-refractivity contribution in [2.75, 3.05) is 26.1 Å². The molecule has 18 heavy (non-hydrogen) atoms. The maximum atomic E-state index is 12.1. The molecule has 1 aromatic carbocycles. The van der Waals surface area contributed by atoms with Crippen LogP contribution in [0, 0.1) is 0 Å². The van der Waals surface area contributed by atoms with Crippen molar-refractivity contribution in [1.29, 1.82) is 0 Å². The maximum Gasteiger partial charge on any atom is 0.573 e. The third-order valence-corrected chi connectivity index (χ3v) is 2.09. The van der Waals surface area contributed by atoms with Crippen LogP contribution in [0.25, 0.3) is 0 Å². The number of halogens is 3. The second-order valence-corrected chi connectivity index (χ2v) is 3.61. The molecule has 1 rings (SSSR count). The van der Waals surface area contributed by atoms with Crippen LogP contribution in [0.15, 0.2) is 18.2 Å². The van der Waals surface area contributed by atoms with Gasteiger partial charge in [0.05, 0.1) is 18.4 Å². The average Bonchev–Trinajstić information content (AvgIpc) is 2.25. The standard InChI is InChI=1S/C11H12F3NO3/c1-15(2)9-5-4-7(18-11(12,13)14)6-8(9)10(16)17-3/h4-6H,1-3H3.